The summed E-state index contributed by atoms with van der Waals surface area (Å²) in [6.45, 7) is 2.04. The Morgan fingerprint density at radius 2 is 1.80 bits per heavy atom. The fourth-order valence-electron chi connectivity index (χ4n) is 3.93. The van der Waals surface area contributed by atoms with Gasteiger partial charge in [-0.3, -0.25) is 4.90 Å². The van der Waals surface area contributed by atoms with Crippen molar-refractivity contribution in [2.24, 2.45) is 0 Å². The van der Waals surface area contributed by atoms with E-state index in [-0.39, 0.29) is 5.54 Å². The van der Waals surface area contributed by atoms with Gasteiger partial charge < -0.3 is 5.11 Å². The maximum Gasteiger partial charge on any atom is 0.130 e. The molecular formula is C16H21ClFNO. The van der Waals surface area contributed by atoms with E-state index in [1.165, 1.54) is 18.9 Å². The van der Waals surface area contributed by atoms with Crippen molar-refractivity contribution in [2.45, 2.75) is 50.2 Å². The standard InChI is InChI=1S/C16H21ClFNO/c17-12-5-6-13(14(18)11-12)15(20)16(7-1-2-8-16)19-9-3-4-10-19/h5-6,11,15,20H,1-4,7-10H2. The quantitative estimate of drug-likeness (QED) is 0.914. The number of aliphatic hydroxyl groups excluding tert-OH is 1. The maximum atomic E-state index is 14.1. The molecule has 0 spiro atoms. The molecule has 3 rings (SSSR count). The summed E-state index contributed by atoms with van der Waals surface area (Å²) in [5.41, 5.74) is 0.119. The maximum absolute atomic E-state index is 14.1. The van der Waals surface area contributed by atoms with E-state index in [9.17, 15) is 9.50 Å². The highest BCUT2D eigenvalue weighted by Crippen LogP contribution is 2.46. The average Bonchev–Trinajstić information content (AvgIpc) is 3.10. The predicted molar refractivity (Wildman–Crippen MR) is 78.4 cm³/mol. The van der Waals surface area contributed by atoms with E-state index in [2.05, 4.69) is 4.90 Å². The molecule has 0 bridgehead atoms. The van der Waals surface area contributed by atoms with Gasteiger partial charge in [0.2, 0.25) is 0 Å². The topological polar surface area (TPSA) is 23.5 Å². The number of hydrogen-bond donors (Lipinski definition) is 1. The van der Waals surface area contributed by atoms with E-state index < -0.39 is 11.9 Å². The summed E-state index contributed by atoms with van der Waals surface area (Å²) < 4.78 is 14.1. The van der Waals surface area contributed by atoms with Crippen LogP contribution in [0, 0.1) is 5.82 Å². The predicted octanol–water partition coefficient (Wildman–Crippen LogP) is 3.92. The highest BCUT2D eigenvalue weighted by molar-refractivity contribution is 6.30. The van der Waals surface area contributed by atoms with Crippen molar-refractivity contribution in [1.82, 2.24) is 4.90 Å². The molecule has 1 saturated heterocycles. The Hall–Kier alpha value is -0.640. The third kappa shape index (κ3) is 2.36. The summed E-state index contributed by atoms with van der Waals surface area (Å²) in [4.78, 5) is 2.39. The molecule has 1 heterocycles. The van der Waals surface area contributed by atoms with Gasteiger partial charge in [-0.2, -0.15) is 0 Å². The summed E-state index contributed by atoms with van der Waals surface area (Å²) in [6, 6.07) is 4.60. The number of nitrogens with zero attached hydrogens (tertiary/aromatic N) is 1. The van der Waals surface area contributed by atoms with Gasteiger partial charge in [0, 0.05) is 10.6 Å². The van der Waals surface area contributed by atoms with Gasteiger partial charge in [-0.05, 0) is 50.9 Å². The first kappa shape index (κ1) is 14.3. The molecular weight excluding hydrogens is 277 g/mol. The zero-order chi connectivity index (χ0) is 14.2. The van der Waals surface area contributed by atoms with Crippen molar-refractivity contribution in [3.05, 3.63) is 34.6 Å². The van der Waals surface area contributed by atoms with Crippen molar-refractivity contribution >= 4 is 11.6 Å². The van der Waals surface area contributed by atoms with Gasteiger partial charge in [0.1, 0.15) is 11.9 Å². The lowest BCUT2D eigenvalue weighted by Gasteiger charge is -2.43. The minimum atomic E-state index is -0.764. The van der Waals surface area contributed by atoms with Crippen molar-refractivity contribution < 1.29 is 9.50 Å². The van der Waals surface area contributed by atoms with Gasteiger partial charge >= 0.3 is 0 Å². The molecule has 0 aromatic heterocycles. The minimum Gasteiger partial charge on any atom is -0.386 e. The van der Waals surface area contributed by atoms with Crippen LogP contribution in [0.4, 0.5) is 4.39 Å². The Kier molecular flexibility index (Phi) is 4.02. The van der Waals surface area contributed by atoms with Crippen molar-refractivity contribution in [3.8, 4) is 0 Å². The highest BCUT2D eigenvalue weighted by atomic mass is 35.5. The second-order valence-electron chi connectivity index (χ2n) is 6.07. The number of rotatable bonds is 3. The van der Waals surface area contributed by atoms with Crippen LogP contribution in [0.3, 0.4) is 0 Å². The second-order valence-corrected chi connectivity index (χ2v) is 6.51. The van der Waals surface area contributed by atoms with Crippen LogP contribution in [0.2, 0.25) is 5.02 Å². The van der Waals surface area contributed by atoms with Crippen LogP contribution in [0.5, 0.6) is 0 Å². The lowest BCUT2D eigenvalue weighted by atomic mass is 9.84. The lowest BCUT2D eigenvalue weighted by Crippen LogP contribution is -2.49. The molecule has 2 nitrogen and oxygen atoms in total. The van der Waals surface area contributed by atoms with Crippen molar-refractivity contribution in [1.29, 1.82) is 0 Å². The normalized spacial score (nSPS) is 24.1. The summed E-state index contributed by atoms with van der Waals surface area (Å²) in [7, 11) is 0. The van der Waals surface area contributed by atoms with Gasteiger partial charge in [0.15, 0.2) is 0 Å². The molecule has 1 aliphatic carbocycles. The molecule has 1 aliphatic heterocycles. The Morgan fingerprint density at radius 1 is 1.15 bits per heavy atom. The molecule has 1 N–H and O–H groups in total. The molecule has 4 heteroatoms. The van der Waals surface area contributed by atoms with Gasteiger partial charge in [0.25, 0.3) is 0 Å². The van der Waals surface area contributed by atoms with Gasteiger partial charge in [0.05, 0.1) is 5.54 Å². The molecule has 0 radical (unpaired) electrons. The largest absolute Gasteiger partial charge is 0.386 e. The van der Waals surface area contributed by atoms with Crippen molar-refractivity contribution in [3.63, 3.8) is 0 Å². The van der Waals surface area contributed by atoms with E-state index in [0.717, 1.165) is 38.8 Å². The fourth-order valence-corrected chi connectivity index (χ4v) is 4.08. The molecule has 1 saturated carbocycles. The first-order chi connectivity index (χ1) is 9.63. The van der Waals surface area contributed by atoms with E-state index in [0.29, 0.717) is 10.6 Å². The van der Waals surface area contributed by atoms with Crippen LogP contribution in [-0.4, -0.2) is 28.6 Å². The summed E-state index contributed by atoms with van der Waals surface area (Å²) in [5, 5.41) is 11.3. The number of halogens is 2. The van der Waals surface area contributed by atoms with Gasteiger partial charge in [-0.15, -0.1) is 0 Å². The number of hydrogen-bond acceptors (Lipinski definition) is 2. The van der Waals surface area contributed by atoms with E-state index >= 15 is 0 Å². The SMILES string of the molecule is OC(c1ccc(Cl)cc1F)C1(N2CCCC2)CCCC1. The van der Waals surface area contributed by atoms with E-state index in [1.807, 2.05) is 0 Å². The molecule has 110 valence electrons. The van der Waals surface area contributed by atoms with E-state index in [4.69, 9.17) is 11.6 Å². The molecule has 1 atom stereocenters. The summed E-state index contributed by atoms with van der Waals surface area (Å²) in [5.74, 6) is -0.393. The van der Waals surface area contributed by atoms with Gasteiger partial charge in [-0.1, -0.05) is 30.5 Å². The van der Waals surface area contributed by atoms with Crippen molar-refractivity contribution in [2.75, 3.05) is 13.1 Å². The molecule has 0 amide bonds. The zero-order valence-corrected chi connectivity index (χ0v) is 12.4. The third-order valence-electron chi connectivity index (χ3n) is 4.97. The van der Waals surface area contributed by atoms with Crippen LogP contribution in [0.25, 0.3) is 0 Å². The third-order valence-corrected chi connectivity index (χ3v) is 5.21. The Labute approximate surface area is 124 Å². The Bertz CT molecular complexity index is 481. The number of benzene rings is 1. The Morgan fingerprint density at radius 3 is 2.40 bits per heavy atom. The minimum absolute atomic E-state index is 0.273. The monoisotopic (exact) mass is 297 g/mol. The van der Waals surface area contributed by atoms with Crippen LogP contribution < -0.4 is 0 Å². The fraction of sp³-hybridized carbons (Fsp3) is 0.625. The van der Waals surface area contributed by atoms with Crippen LogP contribution in [-0.2, 0) is 0 Å². The smallest absolute Gasteiger partial charge is 0.130 e. The summed E-state index contributed by atoms with van der Waals surface area (Å²) in [6.07, 6.45) is 5.73. The molecule has 2 fully saturated rings. The lowest BCUT2D eigenvalue weighted by molar-refractivity contribution is -0.0213. The Balaban J connectivity index is 1.94. The van der Waals surface area contributed by atoms with Crippen LogP contribution >= 0.6 is 11.6 Å². The molecule has 2 aliphatic rings. The van der Waals surface area contributed by atoms with Gasteiger partial charge in [-0.25, -0.2) is 4.39 Å². The number of likely N-dealkylation sites (tertiary alicyclic amines) is 1. The molecule has 1 aromatic rings. The summed E-state index contributed by atoms with van der Waals surface area (Å²) >= 11 is 5.81. The van der Waals surface area contributed by atoms with Crippen LogP contribution in [0.1, 0.15) is 50.2 Å². The van der Waals surface area contributed by atoms with E-state index in [1.54, 1.807) is 12.1 Å². The molecule has 1 unspecified atom stereocenters. The second kappa shape index (κ2) is 5.63. The van der Waals surface area contributed by atoms with Crippen LogP contribution in [0.15, 0.2) is 18.2 Å². The number of aliphatic hydroxyl groups is 1. The first-order valence-electron chi connectivity index (χ1n) is 7.51. The molecule has 20 heavy (non-hydrogen) atoms. The molecule has 1 aromatic carbocycles. The average molecular weight is 298 g/mol. The zero-order valence-electron chi connectivity index (χ0n) is 11.6. The highest BCUT2D eigenvalue weighted by Gasteiger charge is 2.47. The first-order valence-corrected chi connectivity index (χ1v) is 7.89.